The van der Waals surface area contributed by atoms with Crippen LogP contribution in [0.5, 0.6) is 0 Å². The molecule has 0 bridgehead atoms. The highest BCUT2D eigenvalue weighted by Gasteiger charge is 2.19. The van der Waals surface area contributed by atoms with Crippen molar-refractivity contribution in [1.29, 1.82) is 0 Å². The van der Waals surface area contributed by atoms with Gasteiger partial charge in [-0.2, -0.15) is 0 Å². The van der Waals surface area contributed by atoms with Crippen molar-refractivity contribution in [2.75, 3.05) is 20.4 Å². The van der Waals surface area contributed by atoms with Crippen LogP contribution in [0.15, 0.2) is 10.5 Å². The molecule has 0 fully saturated rings. The number of carbonyl (C=O) groups is 1. The Labute approximate surface area is 119 Å². The van der Waals surface area contributed by atoms with Gasteiger partial charge in [0.25, 0.3) is 5.91 Å². The molecule has 1 amide bonds. The Morgan fingerprint density at radius 1 is 1.58 bits per heavy atom. The first kappa shape index (κ1) is 14.2. The molecule has 2 rings (SSSR count). The molecule has 0 unspecified atom stereocenters. The van der Waals surface area contributed by atoms with E-state index in [0.29, 0.717) is 11.2 Å². The lowest BCUT2D eigenvalue weighted by Gasteiger charge is -2.15. The molecule has 7 heteroatoms. The molecule has 2 aromatic rings. The van der Waals surface area contributed by atoms with E-state index in [-0.39, 0.29) is 5.91 Å². The number of rotatable bonds is 4. The fourth-order valence-electron chi connectivity index (χ4n) is 1.78. The zero-order valence-corrected chi connectivity index (χ0v) is 12.9. The van der Waals surface area contributed by atoms with Crippen LogP contribution in [0.2, 0.25) is 0 Å². The fourth-order valence-corrected chi connectivity index (χ4v) is 3.41. The van der Waals surface area contributed by atoms with E-state index in [4.69, 9.17) is 4.84 Å². The van der Waals surface area contributed by atoms with Crippen LogP contribution in [-0.4, -0.2) is 41.4 Å². The van der Waals surface area contributed by atoms with Crippen LogP contribution in [0.3, 0.4) is 0 Å². The maximum absolute atomic E-state index is 12.2. The van der Waals surface area contributed by atoms with Crippen LogP contribution < -0.4 is 0 Å². The highest BCUT2D eigenvalue weighted by atomic mass is 32.2. The van der Waals surface area contributed by atoms with Crippen molar-refractivity contribution < 1.29 is 9.63 Å². The van der Waals surface area contributed by atoms with Crippen LogP contribution in [0.1, 0.15) is 22.8 Å². The Hall–Kier alpha value is -1.18. The van der Waals surface area contributed by atoms with Gasteiger partial charge in [0.05, 0.1) is 17.4 Å². The first-order valence-corrected chi connectivity index (χ1v) is 7.81. The molecule has 5 nitrogen and oxygen atoms in total. The fraction of sp³-hybridized carbons (Fsp3) is 0.417. The van der Waals surface area contributed by atoms with Gasteiger partial charge in [0.2, 0.25) is 0 Å². The second-order valence-corrected chi connectivity index (χ2v) is 5.88. The van der Waals surface area contributed by atoms with E-state index in [1.165, 1.54) is 12.2 Å². The van der Waals surface area contributed by atoms with E-state index in [1.54, 1.807) is 36.3 Å². The maximum atomic E-state index is 12.2. The summed E-state index contributed by atoms with van der Waals surface area (Å²) in [4.78, 5) is 25.9. The third-order valence-corrected chi connectivity index (χ3v) is 4.91. The number of hydrogen-bond acceptors (Lipinski definition) is 6. The van der Waals surface area contributed by atoms with Gasteiger partial charge in [-0.15, -0.1) is 11.3 Å². The van der Waals surface area contributed by atoms with E-state index in [9.17, 15) is 4.79 Å². The van der Waals surface area contributed by atoms with Crippen molar-refractivity contribution >= 4 is 39.4 Å². The van der Waals surface area contributed by atoms with Gasteiger partial charge in [0.1, 0.15) is 0 Å². The van der Waals surface area contributed by atoms with Crippen LogP contribution >= 0.6 is 23.1 Å². The van der Waals surface area contributed by atoms with Crippen molar-refractivity contribution in [3.05, 3.63) is 17.3 Å². The number of nitrogens with zero attached hydrogens (tertiary/aromatic N) is 3. The summed E-state index contributed by atoms with van der Waals surface area (Å²) in [5.41, 5.74) is 2.27. The van der Waals surface area contributed by atoms with Crippen LogP contribution in [-0.2, 0) is 11.3 Å². The standard InChI is InChI=1S/C12H15N3O2S2/c1-5-7-8(11(16)15(2)17-3)6-13-10-9(7)19-12(14-10)18-4/h6H,5H2,1-4H3. The lowest BCUT2D eigenvalue weighted by molar-refractivity contribution is -0.0757. The number of hydroxylamine groups is 2. The first-order chi connectivity index (χ1) is 9.12. The summed E-state index contributed by atoms with van der Waals surface area (Å²) in [7, 11) is 3.06. The van der Waals surface area contributed by atoms with Crippen LogP contribution in [0, 0.1) is 0 Å². The molecule has 19 heavy (non-hydrogen) atoms. The molecule has 0 aromatic carbocycles. The molecular formula is C12H15N3O2S2. The van der Waals surface area contributed by atoms with Gasteiger partial charge in [-0.3, -0.25) is 9.63 Å². The molecule has 0 radical (unpaired) electrons. The van der Waals surface area contributed by atoms with Gasteiger partial charge in [-0.05, 0) is 18.2 Å². The van der Waals surface area contributed by atoms with E-state index in [0.717, 1.165) is 21.0 Å². The lowest BCUT2D eigenvalue weighted by Crippen LogP contribution is -2.26. The molecule has 0 saturated heterocycles. The second kappa shape index (κ2) is 5.85. The Morgan fingerprint density at radius 3 is 2.89 bits per heavy atom. The number of hydrogen-bond donors (Lipinski definition) is 0. The number of aromatic nitrogens is 2. The van der Waals surface area contributed by atoms with E-state index < -0.39 is 0 Å². The summed E-state index contributed by atoms with van der Waals surface area (Å²) >= 11 is 3.16. The SMILES string of the molecule is CCc1c(C(=O)N(C)OC)cnc2nc(SC)sc12. The van der Waals surface area contributed by atoms with Crippen LogP contribution in [0.25, 0.3) is 10.3 Å². The van der Waals surface area contributed by atoms with Crippen molar-refractivity contribution in [2.45, 2.75) is 17.7 Å². The molecule has 0 aliphatic heterocycles. The monoisotopic (exact) mass is 297 g/mol. The van der Waals surface area contributed by atoms with Gasteiger partial charge < -0.3 is 0 Å². The van der Waals surface area contributed by atoms with Gasteiger partial charge >= 0.3 is 0 Å². The molecule has 0 N–H and O–H groups in total. The number of carbonyl (C=O) groups excluding carboxylic acids is 1. The third kappa shape index (κ3) is 2.58. The average Bonchev–Trinajstić information content (AvgIpc) is 2.87. The highest BCUT2D eigenvalue weighted by Crippen LogP contribution is 2.31. The largest absolute Gasteiger partial charge is 0.279 e. The normalized spacial score (nSPS) is 10.9. The van der Waals surface area contributed by atoms with Crippen LogP contribution in [0.4, 0.5) is 0 Å². The minimum absolute atomic E-state index is 0.187. The quantitative estimate of drug-likeness (QED) is 0.641. The average molecular weight is 297 g/mol. The number of amides is 1. The Balaban J connectivity index is 2.59. The molecule has 0 saturated carbocycles. The molecule has 0 atom stereocenters. The molecular weight excluding hydrogens is 282 g/mol. The molecule has 2 heterocycles. The number of aryl methyl sites for hydroxylation is 1. The van der Waals surface area contributed by atoms with Gasteiger partial charge in [0.15, 0.2) is 9.99 Å². The van der Waals surface area contributed by atoms with E-state index in [2.05, 4.69) is 9.97 Å². The number of fused-ring (bicyclic) bond motifs is 1. The third-order valence-electron chi connectivity index (χ3n) is 2.82. The summed E-state index contributed by atoms with van der Waals surface area (Å²) in [6.45, 7) is 2.02. The van der Waals surface area contributed by atoms with Crippen molar-refractivity contribution in [3.63, 3.8) is 0 Å². The topological polar surface area (TPSA) is 55.3 Å². The zero-order valence-electron chi connectivity index (χ0n) is 11.3. The van der Waals surface area contributed by atoms with Crippen molar-refractivity contribution in [2.24, 2.45) is 0 Å². The molecule has 0 spiro atoms. The first-order valence-electron chi connectivity index (χ1n) is 5.76. The molecule has 102 valence electrons. The number of thiazole rings is 1. The Kier molecular flexibility index (Phi) is 4.38. The minimum Gasteiger partial charge on any atom is -0.274 e. The second-order valence-electron chi connectivity index (χ2n) is 3.83. The summed E-state index contributed by atoms with van der Waals surface area (Å²) in [5.74, 6) is -0.187. The van der Waals surface area contributed by atoms with Gasteiger partial charge in [-0.25, -0.2) is 15.0 Å². The Bertz CT molecular complexity index is 612. The van der Waals surface area contributed by atoms with Gasteiger partial charge in [-0.1, -0.05) is 18.7 Å². The smallest absolute Gasteiger partial charge is 0.274 e. The number of thioether (sulfide) groups is 1. The van der Waals surface area contributed by atoms with E-state index in [1.807, 2.05) is 13.2 Å². The predicted octanol–water partition coefficient (Wildman–Crippen LogP) is 2.61. The maximum Gasteiger partial charge on any atom is 0.279 e. The molecule has 0 aliphatic carbocycles. The molecule has 2 aromatic heterocycles. The predicted molar refractivity (Wildman–Crippen MR) is 77.7 cm³/mol. The van der Waals surface area contributed by atoms with Gasteiger partial charge in [0, 0.05) is 13.2 Å². The van der Waals surface area contributed by atoms with Crippen molar-refractivity contribution in [1.82, 2.24) is 15.0 Å². The lowest BCUT2D eigenvalue weighted by atomic mass is 10.1. The Morgan fingerprint density at radius 2 is 2.32 bits per heavy atom. The summed E-state index contributed by atoms with van der Waals surface area (Å²) < 4.78 is 1.95. The number of pyridine rings is 1. The molecule has 0 aliphatic rings. The van der Waals surface area contributed by atoms with E-state index >= 15 is 0 Å². The minimum atomic E-state index is -0.187. The summed E-state index contributed by atoms with van der Waals surface area (Å²) in [5, 5.41) is 1.21. The zero-order chi connectivity index (χ0) is 14.0. The summed E-state index contributed by atoms with van der Waals surface area (Å²) in [6.07, 6.45) is 4.32. The summed E-state index contributed by atoms with van der Waals surface area (Å²) in [6, 6.07) is 0. The highest BCUT2D eigenvalue weighted by molar-refractivity contribution is 8.00. The van der Waals surface area contributed by atoms with Crippen molar-refractivity contribution in [3.8, 4) is 0 Å².